The van der Waals surface area contributed by atoms with Crippen molar-refractivity contribution in [2.24, 2.45) is 0 Å². The fourth-order valence-corrected chi connectivity index (χ4v) is 2.42. The molecule has 0 heterocycles. The van der Waals surface area contributed by atoms with E-state index >= 15 is 0 Å². The van der Waals surface area contributed by atoms with E-state index in [0.29, 0.717) is 18.8 Å². The SMILES string of the molecule is CCN(Cc1ccccc1N)C(=O)c1cc(Br)ccc1O. The molecule has 0 aliphatic heterocycles. The van der Waals surface area contributed by atoms with Crippen molar-refractivity contribution in [3.05, 3.63) is 58.1 Å². The summed E-state index contributed by atoms with van der Waals surface area (Å²) in [6, 6.07) is 12.3. The van der Waals surface area contributed by atoms with Gasteiger partial charge in [-0.2, -0.15) is 0 Å². The smallest absolute Gasteiger partial charge is 0.257 e. The molecule has 110 valence electrons. The first-order valence-electron chi connectivity index (χ1n) is 6.64. The van der Waals surface area contributed by atoms with E-state index in [0.717, 1.165) is 10.0 Å². The monoisotopic (exact) mass is 348 g/mol. The average Bonchev–Trinajstić information content (AvgIpc) is 2.48. The molecule has 0 atom stereocenters. The first-order valence-corrected chi connectivity index (χ1v) is 7.43. The Balaban J connectivity index is 2.27. The van der Waals surface area contributed by atoms with Gasteiger partial charge in [-0.3, -0.25) is 4.79 Å². The van der Waals surface area contributed by atoms with Crippen LogP contribution in [0.4, 0.5) is 5.69 Å². The second-order valence-electron chi connectivity index (χ2n) is 4.68. The Bertz CT molecular complexity index is 658. The number of hydrogen-bond acceptors (Lipinski definition) is 3. The van der Waals surface area contributed by atoms with Gasteiger partial charge in [-0.05, 0) is 36.8 Å². The third-order valence-corrected chi connectivity index (χ3v) is 3.77. The molecule has 0 radical (unpaired) electrons. The Kier molecular flexibility index (Phi) is 4.85. The number of para-hydroxylation sites is 1. The zero-order valence-corrected chi connectivity index (χ0v) is 13.3. The normalized spacial score (nSPS) is 10.4. The number of phenols is 1. The van der Waals surface area contributed by atoms with Crippen molar-refractivity contribution in [2.75, 3.05) is 12.3 Å². The van der Waals surface area contributed by atoms with Crippen LogP contribution in [-0.2, 0) is 6.54 Å². The zero-order valence-electron chi connectivity index (χ0n) is 11.7. The molecule has 0 aliphatic rings. The second-order valence-corrected chi connectivity index (χ2v) is 5.60. The molecular weight excluding hydrogens is 332 g/mol. The number of nitrogens with zero attached hydrogens (tertiary/aromatic N) is 1. The van der Waals surface area contributed by atoms with Crippen molar-refractivity contribution in [1.29, 1.82) is 0 Å². The van der Waals surface area contributed by atoms with Gasteiger partial charge in [0.15, 0.2) is 0 Å². The fourth-order valence-electron chi connectivity index (χ4n) is 2.06. The molecule has 2 aromatic rings. The lowest BCUT2D eigenvalue weighted by molar-refractivity contribution is 0.0750. The number of nitrogen functional groups attached to an aromatic ring is 1. The maximum atomic E-state index is 12.6. The molecule has 0 fully saturated rings. The number of amides is 1. The van der Waals surface area contributed by atoms with Gasteiger partial charge in [0.1, 0.15) is 5.75 Å². The van der Waals surface area contributed by atoms with Crippen LogP contribution < -0.4 is 5.73 Å². The van der Waals surface area contributed by atoms with E-state index in [-0.39, 0.29) is 17.2 Å². The lowest BCUT2D eigenvalue weighted by Gasteiger charge is -2.22. The summed E-state index contributed by atoms with van der Waals surface area (Å²) in [6.45, 7) is 2.83. The Morgan fingerprint density at radius 3 is 2.67 bits per heavy atom. The average molecular weight is 349 g/mol. The highest BCUT2D eigenvalue weighted by Crippen LogP contribution is 2.24. The number of hydrogen-bond donors (Lipinski definition) is 2. The molecule has 1 amide bonds. The predicted molar refractivity (Wildman–Crippen MR) is 87.1 cm³/mol. The molecule has 3 N–H and O–H groups in total. The van der Waals surface area contributed by atoms with Crippen LogP contribution in [0, 0.1) is 0 Å². The van der Waals surface area contributed by atoms with Crippen molar-refractivity contribution >= 4 is 27.5 Å². The van der Waals surface area contributed by atoms with Gasteiger partial charge in [-0.15, -0.1) is 0 Å². The van der Waals surface area contributed by atoms with Crippen LogP contribution in [-0.4, -0.2) is 22.5 Å². The van der Waals surface area contributed by atoms with Gasteiger partial charge in [0.2, 0.25) is 0 Å². The molecule has 0 aromatic heterocycles. The molecule has 2 aromatic carbocycles. The van der Waals surface area contributed by atoms with Crippen molar-refractivity contribution in [3.8, 4) is 5.75 Å². The third-order valence-electron chi connectivity index (χ3n) is 3.27. The van der Waals surface area contributed by atoms with Gasteiger partial charge in [0, 0.05) is 23.2 Å². The van der Waals surface area contributed by atoms with Crippen molar-refractivity contribution in [3.63, 3.8) is 0 Å². The van der Waals surface area contributed by atoms with Crippen molar-refractivity contribution < 1.29 is 9.90 Å². The fraction of sp³-hybridized carbons (Fsp3) is 0.188. The van der Waals surface area contributed by atoms with Crippen LogP contribution in [0.3, 0.4) is 0 Å². The van der Waals surface area contributed by atoms with E-state index in [9.17, 15) is 9.90 Å². The van der Waals surface area contributed by atoms with Gasteiger partial charge in [0.05, 0.1) is 5.56 Å². The molecule has 5 heteroatoms. The maximum Gasteiger partial charge on any atom is 0.257 e. The van der Waals surface area contributed by atoms with Crippen LogP contribution in [0.25, 0.3) is 0 Å². The Labute approximate surface area is 132 Å². The van der Waals surface area contributed by atoms with Crippen LogP contribution in [0.5, 0.6) is 5.75 Å². The minimum Gasteiger partial charge on any atom is -0.507 e. The second kappa shape index (κ2) is 6.63. The minimum absolute atomic E-state index is 0.0253. The maximum absolute atomic E-state index is 12.6. The minimum atomic E-state index is -0.223. The molecular formula is C16H17BrN2O2. The van der Waals surface area contributed by atoms with E-state index < -0.39 is 0 Å². The number of anilines is 1. The summed E-state index contributed by atoms with van der Waals surface area (Å²) in [4.78, 5) is 14.2. The predicted octanol–water partition coefficient (Wildman–Crippen LogP) is 3.40. The number of nitrogens with two attached hydrogens (primary N) is 1. The molecule has 2 rings (SSSR count). The van der Waals surface area contributed by atoms with Gasteiger partial charge in [-0.1, -0.05) is 34.1 Å². The van der Waals surface area contributed by atoms with Crippen molar-refractivity contribution in [2.45, 2.75) is 13.5 Å². The number of rotatable bonds is 4. The molecule has 0 unspecified atom stereocenters. The topological polar surface area (TPSA) is 66.6 Å². The largest absolute Gasteiger partial charge is 0.507 e. The molecule has 21 heavy (non-hydrogen) atoms. The first kappa shape index (κ1) is 15.4. The van der Waals surface area contributed by atoms with E-state index in [1.54, 1.807) is 17.0 Å². The summed E-state index contributed by atoms with van der Waals surface area (Å²) in [7, 11) is 0. The summed E-state index contributed by atoms with van der Waals surface area (Å²) >= 11 is 3.31. The van der Waals surface area contributed by atoms with Crippen LogP contribution in [0.1, 0.15) is 22.8 Å². The number of phenolic OH excluding ortho intramolecular Hbond substituents is 1. The third kappa shape index (κ3) is 3.55. The van der Waals surface area contributed by atoms with E-state index in [2.05, 4.69) is 15.9 Å². The lowest BCUT2D eigenvalue weighted by Crippen LogP contribution is -2.30. The molecule has 4 nitrogen and oxygen atoms in total. The molecule has 0 spiro atoms. The standard InChI is InChI=1S/C16H17BrN2O2/c1-2-19(10-11-5-3-4-6-14(11)18)16(21)13-9-12(17)7-8-15(13)20/h3-9,20H,2,10,18H2,1H3. The van der Waals surface area contributed by atoms with E-state index in [4.69, 9.17) is 5.73 Å². The Morgan fingerprint density at radius 1 is 1.29 bits per heavy atom. The van der Waals surface area contributed by atoms with Gasteiger partial charge >= 0.3 is 0 Å². The lowest BCUT2D eigenvalue weighted by atomic mass is 10.1. The number of halogens is 1. The summed E-state index contributed by atoms with van der Waals surface area (Å²) in [6.07, 6.45) is 0. The highest BCUT2D eigenvalue weighted by molar-refractivity contribution is 9.10. The van der Waals surface area contributed by atoms with Crippen LogP contribution in [0.15, 0.2) is 46.9 Å². The molecule has 0 bridgehead atoms. The number of aromatic hydroxyl groups is 1. The quantitative estimate of drug-likeness (QED) is 0.832. The summed E-state index contributed by atoms with van der Waals surface area (Å²) in [5.41, 5.74) is 7.75. The van der Waals surface area contributed by atoms with Gasteiger partial charge < -0.3 is 15.7 Å². The summed E-state index contributed by atoms with van der Waals surface area (Å²) in [5, 5.41) is 9.88. The van der Waals surface area contributed by atoms with Crippen LogP contribution >= 0.6 is 15.9 Å². The zero-order chi connectivity index (χ0) is 15.4. The van der Waals surface area contributed by atoms with Crippen LogP contribution in [0.2, 0.25) is 0 Å². The van der Waals surface area contributed by atoms with Gasteiger partial charge in [0.25, 0.3) is 5.91 Å². The molecule has 0 saturated carbocycles. The molecule has 0 aliphatic carbocycles. The van der Waals surface area contributed by atoms with Crippen molar-refractivity contribution in [1.82, 2.24) is 4.90 Å². The Hall–Kier alpha value is -2.01. The number of carbonyl (C=O) groups excluding carboxylic acids is 1. The van der Waals surface area contributed by atoms with Gasteiger partial charge in [-0.25, -0.2) is 0 Å². The highest BCUT2D eigenvalue weighted by Gasteiger charge is 2.19. The summed E-state index contributed by atoms with van der Waals surface area (Å²) < 4.78 is 0.749. The van der Waals surface area contributed by atoms with E-state index in [1.165, 1.54) is 6.07 Å². The highest BCUT2D eigenvalue weighted by atomic mass is 79.9. The number of benzene rings is 2. The summed E-state index contributed by atoms with van der Waals surface area (Å²) in [5.74, 6) is -0.248. The first-order chi connectivity index (χ1) is 10.0. The Morgan fingerprint density at radius 2 is 2.00 bits per heavy atom. The number of carbonyl (C=O) groups is 1. The van der Waals surface area contributed by atoms with E-state index in [1.807, 2.05) is 31.2 Å². The molecule has 0 saturated heterocycles.